The number of ether oxygens (including phenoxy) is 2. The molecule has 5 nitrogen and oxygen atoms in total. The third kappa shape index (κ3) is 4.67. The molecule has 1 rings (SSSR count). The first-order chi connectivity index (χ1) is 9.06. The fourth-order valence-corrected chi connectivity index (χ4v) is 1.34. The zero-order valence-corrected chi connectivity index (χ0v) is 10.8. The Hall–Kier alpha value is -2.56. The maximum Gasteiger partial charge on any atom is 0.330 e. The Morgan fingerprint density at radius 3 is 2.05 bits per heavy atom. The van der Waals surface area contributed by atoms with E-state index in [2.05, 4.69) is 9.47 Å². The molecule has 0 fully saturated rings. The molecule has 0 bridgehead atoms. The molecule has 0 amide bonds. The second-order valence-electron chi connectivity index (χ2n) is 3.60. The molecule has 1 aromatic carbocycles. The van der Waals surface area contributed by atoms with E-state index in [1.807, 2.05) is 0 Å². The number of hydrogen-bond donors (Lipinski definition) is 1. The maximum atomic E-state index is 11.1. The third-order valence-corrected chi connectivity index (χ3v) is 2.31. The van der Waals surface area contributed by atoms with E-state index in [9.17, 15) is 9.59 Å². The topological polar surface area (TPSA) is 78.6 Å². The van der Waals surface area contributed by atoms with Crippen molar-refractivity contribution >= 4 is 29.8 Å². The van der Waals surface area contributed by atoms with Gasteiger partial charge in [0.25, 0.3) is 0 Å². The molecule has 1 aromatic rings. The van der Waals surface area contributed by atoms with Gasteiger partial charge in [0.05, 0.1) is 14.2 Å². The van der Waals surface area contributed by atoms with Crippen molar-refractivity contribution in [2.45, 2.75) is 0 Å². The number of esters is 2. The molecule has 0 spiro atoms. The van der Waals surface area contributed by atoms with Crippen molar-refractivity contribution in [2.24, 2.45) is 0 Å². The number of methoxy groups -OCH3 is 2. The summed E-state index contributed by atoms with van der Waals surface area (Å²) in [5.74, 6) is -0.926. The van der Waals surface area contributed by atoms with Gasteiger partial charge in [-0.05, 0) is 35.4 Å². The summed E-state index contributed by atoms with van der Waals surface area (Å²) in [7, 11) is 2.60. The van der Waals surface area contributed by atoms with E-state index < -0.39 is 11.9 Å². The average molecular weight is 261 g/mol. The fourth-order valence-electron chi connectivity index (χ4n) is 1.34. The molecule has 19 heavy (non-hydrogen) atoms. The van der Waals surface area contributed by atoms with Crippen LogP contribution in [0.2, 0.25) is 0 Å². The molecule has 0 radical (unpaired) electrons. The number of rotatable bonds is 4. The van der Waals surface area contributed by atoms with Gasteiger partial charge >= 0.3 is 11.9 Å². The Bertz CT molecular complexity index is 532. The van der Waals surface area contributed by atoms with Crippen molar-refractivity contribution in [3.63, 3.8) is 0 Å². The first-order valence-corrected chi connectivity index (χ1v) is 5.48. The molecule has 0 atom stereocenters. The number of carbonyl (C=O) groups is 2. The summed E-state index contributed by atoms with van der Waals surface area (Å²) in [6.07, 6.45) is 5.73. The SMILES string of the molecule is COC(=O)/C=C/c1ccc(N)cc1/C=C/C(=O)OC. The standard InChI is InChI=1S/C14H15NO4/c1-18-13(16)7-4-10-3-6-12(15)9-11(10)5-8-14(17)19-2/h3-9H,15H2,1-2H3/b7-4+,8-5+. The second-order valence-corrected chi connectivity index (χ2v) is 3.60. The van der Waals surface area contributed by atoms with Crippen LogP contribution in [0, 0.1) is 0 Å². The number of carbonyl (C=O) groups excluding carboxylic acids is 2. The Kier molecular flexibility index (Phi) is 5.35. The van der Waals surface area contributed by atoms with E-state index in [1.165, 1.54) is 26.4 Å². The summed E-state index contributed by atoms with van der Waals surface area (Å²) in [6, 6.07) is 5.13. The number of nitrogens with two attached hydrogens (primary N) is 1. The second kappa shape index (κ2) is 7.00. The van der Waals surface area contributed by atoms with Gasteiger partial charge in [0.2, 0.25) is 0 Å². The number of benzene rings is 1. The summed E-state index contributed by atoms with van der Waals surface area (Å²) >= 11 is 0. The van der Waals surface area contributed by atoms with Crippen molar-refractivity contribution in [3.8, 4) is 0 Å². The Balaban J connectivity index is 3.04. The van der Waals surface area contributed by atoms with E-state index in [0.717, 1.165) is 5.56 Å². The van der Waals surface area contributed by atoms with Gasteiger partial charge in [-0.25, -0.2) is 9.59 Å². The molecule has 0 heterocycles. The molecule has 0 aliphatic carbocycles. The van der Waals surface area contributed by atoms with Gasteiger partial charge in [-0.15, -0.1) is 0 Å². The van der Waals surface area contributed by atoms with Crippen molar-refractivity contribution in [1.29, 1.82) is 0 Å². The van der Waals surface area contributed by atoms with Crippen molar-refractivity contribution in [2.75, 3.05) is 20.0 Å². The highest BCUT2D eigenvalue weighted by Crippen LogP contribution is 2.17. The van der Waals surface area contributed by atoms with Crippen molar-refractivity contribution in [1.82, 2.24) is 0 Å². The molecule has 2 N–H and O–H groups in total. The monoisotopic (exact) mass is 261 g/mol. The smallest absolute Gasteiger partial charge is 0.330 e. The highest BCUT2D eigenvalue weighted by molar-refractivity contribution is 5.90. The highest BCUT2D eigenvalue weighted by atomic mass is 16.5. The Morgan fingerprint density at radius 1 is 1.00 bits per heavy atom. The highest BCUT2D eigenvalue weighted by Gasteiger charge is 2.00. The van der Waals surface area contributed by atoms with E-state index in [-0.39, 0.29) is 0 Å². The van der Waals surface area contributed by atoms with Gasteiger partial charge in [0.1, 0.15) is 0 Å². The van der Waals surface area contributed by atoms with Gasteiger partial charge in [-0.3, -0.25) is 0 Å². The quantitative estimate of drug-likeness (QED) is 0.506. The summed E-state index contributed by atoms with van der Waals surface area (Å²) in [5, 5.41) is 0. The first-order valence-electron chi connectivity index (χ1n) is 5.48. The van der Waals surface area contributed by atoms with Crippen LogP contribution in [-0.4, -0.2) is 26.2 Å². The van der Waals surface area contributed by atoms with E-state index in [0.29, 0.717) is 11.3 Å². The van der Waals surface area contributed by atoms with Crippen LogP contribution >= 0.6 is 0 Å². The summed E-state index contributed by atoms with van der Waals surface area (Å²) in [6.45, 7) is 0. The largest absolute Gasteiger partial charge is 0.466 e. The zero-order chi connectivity index (χ0) is 14.3. The predicted octanol–water partition coefficient (Wildman–Crippen LogP) is 1.64. The summed E-state index contributed by atoms with van der Waals surface area (Å²) in [5.41, 5.74) is 7.67. The lowest BCUT2D eigenvalue weighted by atomic mass is 10.1. The van der Waals surface area contributed by atoms with Crippen LogP contribution in [0.25, 0.3) is 12.2 Å². The molecule has 0 aromatic heterocycles. The van der Waals surface area contributed by atoms with Crippen LogP contribution in [0.5, 0.6) is 0 Å². The van der Waals surface area contributed by atoms with Crippen LogP contribution in [0.1, 0.15) is 11.1 Å². The van der Waals surface area contributed by atoms with Crippen LogP contribution in [0.3, 0.4) is 0 Å². The van der Waals surface area contributed by atoms with Gasteiger partial charge in [0, 0.05) is 17.8 Å². The minimum atomic E-state index is -0.467. The molecular formula is C14H15NO4. The van der Waals surface area contributed by atoms with E-state index in [4.69, 9.17) is 5.73 Å². The lowest BCUT2D eigenvalue weighted by Gasteiger charge is -2.02. The molecule has 5 heteroatoms. The molecule has 0 saturated heterocycles. The van der Waals surface area contributed by atoms with Gasteiger partial charge in [-0.2, -0.15) is 0 Å². The molecule has 0 aliphatic rings. The summed E-state index contributed by atoms with van der Waals surface area (Å²) in [4.78, 5) is 22.1. The average Bonchev–Trinajstić information content (AvgIpc) is 2.43. The van der Waals surface area contributed by atoms with Crippen LogP contribution in [-0.2, 0) is 19.1 Å². The van der Waals surface area contributed by atoms with Crippen molar-refractivity contribution < 1.29 is 19.1 Å². The lowest BCUT2D eigenvalue weighted by Crippen LogP contribution is -1.95. The van der Waals surface area contributed by atoms with E-state index >= 15 is 0 Å². The van der Waals surface area contributed by atoms with Gasteiger partial charge in [-0.1, -0.05) is 6.07 Å². The maximum absolute atomic E-state index is 11.1. The van der Waals surface area contributed by atoms with Crippen LogP contribution < -0.4 is 5.73 Å². The summed E-state index contributed by atoms with van der Waals surface area (Å²) < 4.78 is 9.02. The molecule has 0 saturated carbocycles. The number of nitrogen functional groups attached to an aromatic ring is 1. The first kappa shape index (κ1) is 14.5. The lowest BCUT2D eigenvalue weighted by molar-refractivity contribution is -0.135. The van der Waals surface area contributed by atoms with Crippen LogP contribution in [0.4, 0.5) is 5.69 Å². The fraction of sp³-hybridized carbons (Fsp3) is 0.143. The number of hydrogen-bond acceptors (Lipinski definition) is 5. The van der Waals surface area contributed by atoms with Gasteiger partial charge in [0.15, 0.2) is 0 Å². The molecule has 0 unspecified atom stereocenters. The molecular weight excluding hydrogens is 246 g/mol. The Morgan fingerprint density at radius 2 is 1.53 bits per heavy atom. The predicted molar refractivity (Wildman–Crippen MR) is 73.0 cm³/mol. The minimum Gasteiger partial charge on any atom is -0.466 e. The Labute approximate surface area is 111 Å². The zero-order valence-electron chi connectivity index (χ0n) is 10.8. The molecule has 0 aliphatic heterocycles. The van der Waals surface area contributed by atoms with Crippen LogP contribution in [0.15, 0.2) is 30.4 Å². The number of anilines is 1. The van der Waals surface area contributed by atoms with Crippen molar-refractivity contribution in [3.05, 3.63) is 41.5 Å². The molecule has 100 valence electrons. The minimum absolute atomic E-state index is 0.459. The normalized spacial score (nSPS) is 10.8. The van der Waals surface area contributed by atoms with Gasteiger partial charge < -0.3 is 15.2 Å². The van der Waals surface area contributed by atoms with E-state index in [1.54, 1.807) is 30.4 Å². The third-order valence-electron chi connectivity index (χ3n) is 2.31.